The van der Waals surface area contributed by atoms with Crippen LogP contribution in [0.4, 0.5) is 5.69 Å². The molecule has 0 unspecified atom stereocenters. The number of fused-ring (bicyclic) bond motifs is 1. The Bertz CT molecular complexity index is 940. The zero-order valence-electron chi connectivity index (χ0n) is 15.0. The van der Waals surface area contributed by atoms with Gasteiger partial charge in [0, 0.05) is 21.4 Å². The fourth-order valence-corrected chi connectivity index (χ4v) is 5.72. The van der Waals surface area contributed by atoms with E-state index >= 15 is 0 Å². The number of nitrogens with one attached hydrogen (secondary N) is 1. The summed E-state index contributed by atoms with van der Waals surface area (Å²) in [6.07, 6.45) is 8.38. The van der Waals surface area contributed by atoms with Crippen LogP contribution >= 0.6 is 22.7 Å². The number of thiophene rings is 2. The molecule has 2 atom stereocenters. The van der Waals surface area contributed by atoms with Crippen molar-refractivity contribution < 1.29 is 0 Å². The molecule has 0 amide bonds. The van der Waals surface area contributed by atoms with Crippen molar-refractivity contribution in [2.45, 2.75) is 25.3 Å². The van der Waals surface area contributed by atoms with Gasteiger partial charge in [0.1, 0.15) is 0 Å². The maximum absolute atomic E-state index is 3.76. The van der Waals surface area contributed by atoms with Crippen molar-refractivity contribution in [2.75, 3.05) is 5.01 Å². The predicted molar refractivity (Wildman–Crippen MR) is 117 cm³/mol. The lowest BCUT2D eigenvalue weighted by Crippen LogP contribution is -2.32. The summed E-state index contributed by atoms with van der Waals surface area (Å²) in [7, 11) is 0. The van der Waals surface area contributed by atoms with Crippen LogP contribution in [-0.2, 0) is 0 Å². The Balaban J connectivity index is 1.63. The van der Waals surface area contributed by atoms with E-state index in [1.807, 2.05) is 22.7 Å². The Morgan fingerprint density at radius 3 is 2.59 bits per heavy atom. The number of allylic oxidation sites excluding steroid dienone is 1. The number of hydrazine groups is 1. The second kappa shape index (κ2) is 7.37. The number of para-hydroxylation sites is 1. The van der Waals surface area contributed by atoms with Crippen LogP contribution in [-0.4, -0.2) is 0 Å². The lowest BCUT2D eigenvalue weighted by Gasteiger charge is -2.28. The molecule has 5 rings (SSSR count). The molecule has 1 fully saturated rings. The van der Waals surface area contributed by atoms with Crippen molar-refractivity contribution in [3.8, 4) is 0 Å². The van der Waals surface area contributed by atoms with Gasteiger partial charge in [-0.1, -0.05) is 42.0 Å². The molecular formula is C23H22N2S2. The third kappa shape index (κ3) is 3.24. The smallest absolute Gasteiger partial charge is 0.0965 e. The molecule has 0 radical (unpaired) electrons. The van der Waals surface area contributed by atoms with Gasteiger partial charge in [-0.25, -0.2) is 0 Å². The van der Waals surface area contributed by atoms with Gasteiger partial charge in [-0.05, 0) is 60.4 Å². The maximum atomic E-state index is 3.76. The van der Waals surface area contributed by atoms with Gasteiger partial charge < -0.3 is 5.43 Å². The summed E-state index contributed by atoms with van der Waals surface area (Å²) in [6.45, 7) is 0. The van der Waals surface area contributed by atoms with E-state index in [4.69, 9.17) is 0 Å². The van der Waals surface area contributed by atoms with Crippen molar-refractivity contribution in [3.05, 3.63) is 92.5 Å². The minimum absolute atomic E-state index is 0.294. The van der Waals surface area contributed by atoms with E-state index in [9.17, 15) is 0 Å². The highest BCUT2D eigenvalue weighted by Crippen LogP contribution is 2.48. The van der Waals surface area contributed by atoms with Gasteiger partial charge in [-0.2, -0.15) is 0 Å². The molecule has 2 aliphatic rings. The average Bonchev–Trinajstić information content (AvgIpc) is 3.43. The molecule has 2 nitrogen and oxygen atoms in total. The number of nitrogens with zero attached hydrogens (tertiary/aromatic N) is 1. The van der Waals surface area contributed by atoms with Gasteiger partial charge in [-0.15, -0.1) is 22.7 Å². The Hall–Kier alpha value is -2.30. The zero-order valence-corrected chi connectivity index (χ0v) is 16.7. The highest BCUT2D eigenvalue weighted by atomic mass is 32.1. The van der Waals surface area contributed by atoms with Crippen LogP contribution in [0.2, 0.25) is 0 Å². The molecule has 2 aromatic heterocycles. The fourth-order valence-electron chi connectivity index (χ4n) is 4.17. The zero-order chi connectivity index (χ0) is 18.1. The predicted octanol–water partition coefficient (Wildman–Crippen LogP) is 6.64. The largest absolute Gasteiger partial charge is 0.301 e. The van der Waals surface area contributed by atoms with Gasteiger partial charge in [0.2, 0.25) is 0 Å². The molecular weight excluding hydrogens is 368 g/mol. The highest BCUT2D eigenvalue weighted by Gasteiger charge is 2.42. The third-order valence-electron chi connectivity index (χ3n) is 5.35. The molecule has 0 bridgehead atoms. The summed E-state index contributed by atoms with van der Waals surface area (Å²) >= 11 is 3.68. The lowest BCUT2D eigenvalue weighted by atomic mass is 9.87. The molecule has 3 heterocycles. The molecule has 1 saturated heterocycles. The summed E-state index contributed by atoms with van der Waals surface area (Å²) in [5.74, 6) is 0.383. The summed E-state index contributed by atoms with van der Waals surface area (Å²) in [4.78, 5) is 2.77. The van der Waals surface area contributed by atoms with Gasteiger partial charge >= 0.3 is 0 Å². The molecule has 136 valence electrons. The van der Waals surface area contributed by atoms with Crippen molar-refractivity contribution in [3.63, 3.8) is 0 Å². The number of benzene rings is 1. The maximum Gasteiger partial charge on any atom is 0.0965 e. The van der Waals surface area contributed by atoms with Crippen LogP contribution < -0.4 is 10.4 Å². The number of anilines is 1. The standard InChI is InChI=1S/C23H22N2S2/c1-2-9-18(10-3-1)25-23(21-13-7-15-27-21)22-17(16-19-11-6-14-26-19)8-4-5-12-20(22)24-25/h1-3,6-7,9-16,22-24H,4-5,8H2/b17-16+/t22-,23+/m0/s1. The quantitative estimate of drug-likeness (QED) is 0.539. The first-order valence-electron chi connectivity index (χ1n) is 9.48. The van der Waals surface area contributed by atoms with Gasteiger partial charge in [-0.3, -0.25) is 5.01 Å². The van der Waals surface area contributed by atoms with Crippen LogP contribution in [0.5, 0.6) is 0 Å². The molecule has 1 aliphatic carbocycles. The number of hydrogen-bond donors (Lipinski definition) is 1. The Kier molecular flexibility index (Phi) is 4.60. The fraction of sp³-hybridized carbons (Fsp3) is 0.217. The summed E-state index contributed by atoms with van der Waals surface area (Å²) in [5.41, 5.74) is 7.89. The van der Waals surface area contributed by atoms with E-state index in [1.165, 1.54) is 27.6 Å². The van der Waals surface area contributed by atoms with E-state index in [-0.39, 0.29) is 0 Å². The van der Waals surface area contributed by atoms with E-state index < -0.39 is 0 Å². The number of rotatable bonds is 3. The topological polar surface area (TPSA) is 15.3 Å². The third-order valence-corrected chi connectivity index (χ3v) is 7.11. The number of hydrogen-bond acceptors (Lipinski definition) is 4. The first-order chi connectivity index (χ1) is 13.4. The molecule has 1 aromatic carbocycles. The van der Waals surface area contributed by atoms with E-state index in [2.05, 4.69) is 87.9 Å². The van der Waals surface area contributed by atoms with Crippen LogP contribution in [0.25, 0.3) is 6.08 Å². The summed E-state index contributed by atoms with van der Waals surface area (Å²) < 4.78 is 0. The molecule has 1 N–H and O–H groups in total. The van der Waals surface area contributed by atoms with Gasteiger partial charge in [0.05, 0.1) is 11.7 Å². The van der Waals surface area contributed by atoms with Crippen LogP contribution in [0.1, 0.15) is 35.1 Å². The SMILES string of the molecule is C1=C2NN(c3ccccc3)[C@H](c3cccs3)[C@H]2/C(=C/c2cccs2)CCC1. The van der Waals surface area contributed by atoms with E-state index in [1.54, 1.807) is 5.57 Å². The lowest BCUT2D eigenvalue weighted by molar-refractivity contribution is 0.590. The first-order valence-corrected chi connectivity index (χ1v) is 11.2. The molecule has 4 heteroatoms. The van der Waals surface area contributed by atoms with Gasteiger partial charge in [0.25, 0.3) is 0 Å². The second-order valence-electron chi connectivity index (χ2n) is 7.04. The van der Waals surface area contributed by atoms with Gasteiger partial charge in [0.15, 0.2) is 0 Å². The summed E-state index contributed by atoms with van der Waals surface area (Å²) in [5, 5.41) is 6.73. The minimum Gasteiger partial charge on any atom is -0.301 e. The summed E-state index contributed by atoms with van der Waals surface area (Å²) in [6, 6.07) is 19.8. The van der Waals surface area contributed by atoms with Crippen molar-refractivity contribution in [2.24, 2.45) is 5.92 Å². The van der Waals surface area contributed by atoms with Crippen LogP contribution in [0, 0.1) is 5.92 Å². The van der Waals surface area contributed by atoms with Crippen molar-refractivity contribution >= 4 is 34.4 Å². The average molecular weight is 391 g/mol. The van der Waals surface area contributed by atoms with Crippen LogP contribution in [0.3, 0.4) is 0 Å². The molecule has 27 heavy (non-hydrogen) atoms. The molecule has 3 aromatic rings. The Morgan fingerprint density at radius 1 is 0.963 bits per heavy atom. The van der Waals surface area contributed by atoms with E-state index in [0.29, 0.717) is 12.0 Å². The Labute approximate surface area is 168 Å². The Morgan fingerprint density at radius 2 is 1.81 bits per heavy atom. The highest BCUT2D eigenvalue weighted by molar-refractivity contribution is 7.10. The molecule has 0 saturated carbocycles. The molecule has 1 aliphatic heterocycles. The normalized spacial score (nSPS) is 23.6. The second-order valence-corrected chi connectivity index (χ2v) is 9.00. The van der Waals surface area contributed by atoms with Crippen molar-refractivity contribution in [1.29, 1.82) is 0 Å². The minimum atomic E-state index is 0.294. The molecule has 0 spiro atoms. The van der Waals surface area contributed by atoms with E-state index in [0.717, 1.165) is 12.8 Å². The van der Waals surface area contributed by atoms with Crippen molar-refractivity contribution in [1.82, 2.24) is 5.43 Å². The first kappa shape index (κ1) is 16.8. The monoisotopic (exact) mass is 390 g/mol. The van der Waals surface area contributed by atoms with Crippen LogP contribution in [0.15, 0.2) is 82.7 Å².